The summed E-state index contributed by atoms with van der Waals surface area (Å²) in [4.78, 5) is 12.3. The molecule has 1 atom stereocenters. The zero-order valence-electron chi connectivity index (χ0n) is 45.5. The van der Waals surface area contributed by atoms with E-state index in [9.17, 15) is 9.90 Å². The van der Waals surface area contributed by atoms with Crippen molar-refractivity contribution in [1.29, 1.82) is 0 Å². The van der Waals surface area contributed by atoms with Crippen molar-refractivity contribution in [2.24, 2.45) is 0 Å². The summed E-state index contributed by atoms with van der Waals surface area (Å²) in [6.07, 6.45) is 66.3. The van der Waals surface area contributed by atoms with Gasteiger partial charge in [0.05, 0.1) is 19.6 Å². The standard InChI is InChI=1S/C61H122NO3/c1-6-9-12-15-18-21-24-27-30-33-36-39-42-45-48-51-54-62(57-60(63)58-65-61(64)59(4)5,55-52-49-46-43-40-37-34-31-28-25-22-19-16-13-10-7-2)56-53-50-47-44-41-38-35-32-29-26-23-20-17-14-11-8-3/h60,63H,4,6-58H2,1-3,5H3/q+1. The van der Waals surface area contributed by atoms with E-state index in [2.05, 4.69) is 27.4 Å². The highest BCUT2D eigenvalue weighted by Crippen LogP contribution is 2.22. The highest BCUT2D eigenvalue weighted by molar-refractivity contribution is 5.86. The van der Waals surface area contributed by atoms with Crippen molar-refractivity contribution in [2.75, 3.05) is 32.8 Å². The summed E-state index contributed by atoms with van der Waals surface area (Å²) in [7, 11) is 0. The summed E-state index contributed by atoms with van der Waals surface area (Å²) >= 11 is 0. The van der Waals surface area contributed by atoms with Crippen molar-refractivity contribution >= 4 is 5.97 Å². The monoisotopic (exact) mass is 917 g/mol. The van der Waals surface area contributed by atoms with E-state index in [0.29, 0.717) is 12.1 Å². The van der Waals surface area contributed by atoms with Crippen LogP contribution in [0.2, 0.25) is 0 Å². The summed E-state index contributed by atoms with van der Waals surface area (Å²) in [6.45, 7) is 16.6. The molecule has 0 bridgehead atoms. The molecule has 388 valence electrons. The molecule has 1 unspecified atom stereocenters. The van der Waals surface area contributed by atoms with Gasteiger partial charge in [0.15, 0.2) is 0 Å². The average Bonchev–Trinajstić information content (AvgIpc) is 3.30. The zero-order chi connectivity index (χ0) is 47.4. The predicted octanol–water partition coefficient (Wildman–Crippen LogP) is 20.1. The van der Waals surface area contributed by atoms with Crippen LogP contribution in [0.15, 0.2) is 12.2 Å². The van der Waals surface area contributed by atoms with Gasteiger partial charge in [-0.3, -0.25) is 0 Å². The molecular weight excluding hydrogens is 795 g/mol. The number of rotatable bonds is 56. The molecule has 4 heteroatoms. The van der Waals surface area contributed by atoms with Gasteiger partial charge in [-0.25, -0.2) is 4.79 Å². The van der Waals surface area contributed by atoms with Crippen molar-refractivity contribution in [3.63, 3.8) is 0 Å². The van der Waals surface area contributed by atoms with Crippen LogP contribution >= 0.6 is 0 Å². The van der Waals surface area contributed by atoms with Crippen LogP contribution in [-0.2, 0) is 9.53 Å². The number of hydrogen-bond acceptors (Lipinski definition) is 3. The second-order valence-electron chi connectivity index (χ2n) is 21.6. The number of aliphatic hydroxyl groups is 1. The van der Waals surface area contributed by atoms with E-state index in [1.54, 1.807) is 6.92 Å². The highest BCUT2D eigenvalue weighted by atomic mass is 16.5. The number of carbonyl (C=O) groups excluding carboxylic acids is 1. The lowest BCUT2D eigenvalue weighted by atomic mass is 10.0. The zero-order valence-corrected chi connectivity index (χ0v) is 45.5. The number of aliphatic hydroxyl groups excluding tert-OH is 1. The molecule has 0 fully saturated rings. The van der Waals surface area contributed by atoms with Crippen LogP contribution < -0.4 is 0 Å². The number of nitrogens with zero attached hydrogens (tertiary/aromatic N) is 1. The first-order valence-corrected chi connectivity index (χ1v) is 30.3. The molecule has 0 aromatic heterocycles. The molecule has 4 nitrogen and oxygen atoms in total. The third-order valence-electron chi connectivity index (χ3n) is 14.8. The van der Waals surface area contributed by atoms with Crippen molar-refractivity contribution in [3.8, 4) is 0 Å². The maximum absolute atomic E-state index is 12.3. The topological polar surface area (TPSA) is 46.5 Å². The fraction of sp³-hybridized carbons (Fsp3) is 0.951. The van der Waals surface area contributed by atoms with Crippen LogP contribution in [0.4, 0.5) is 0 Å². The molecule has 0 heterocycles. The van der Waals surface area contributed by atoms with Gasteiger partial charge in [0.1, 0.15) is 19.3 Å². The fourth-order valence-corrected chi connectivity index (χ4v) is 10.4. The first kappa shape index (κ1) is 64.1. The maximum atomic E-state index is 12.3. The van der Waals surface area contributed by atoms with Crippen molar-refractivity contribution in [3.05, 3.63) is 12.2 Å². The first-order chi connectivity index (χ1) is 31.9. The minimum absolute atomic E-state index is 0.0859. The molecule has 0 aliphatic carbocycles. The van der Waals surface area contributed by atoms with Gasteiger partial charge in [-0.2, -0.15) is 0 Å². The van der Waals surface area contributed by atoms with Crippen molar-refractivity contribution in [1.82, 2.24) is 0 Å². The number of quaternary nitrogens is 1. The Hall–Kier alpha value is -0.870. The summed E-state index contributed by atoms with van der Waals surface area (Å²) in [5.74, 6) is -0.379. The fourth-order valence-electron chi connectivity index (χ4n) is 10.4. The lowest BCUT2D eigenvalue weighted by molar-refractivity contribution is -0.931. The Morgan fingerprint density at radius 2 is 0.554 bits per heavy atom. The summed E-state index contributed by atoms with van der Waals surface area (Å²) in [5, 5.41) is 11.4. The minimum atomic E-state index is -0.624. The van der Waals surface area contributed by atoms with E-state index in [1.165, 1.54) is 308 Å². The predicted molar refractivity (Wildman–Crippen MR) is 290 cm³/mol. The van der Waals surface area contributed by atoms with E-state index in [4.69, 9.17) is 4.74 Å². The van der Waals surface area contributed by atoms with E-state index in [0.717, 1.165) is 24.1 Å². The molecule has 0 aromatic rings. The SMILES string of the molecule is C=C(C)C(=O)OCC(O)C[N+](CCCCCCCCCCCCCCCCCC)(CCCCCCCCCCCCCCCCCC)CCCCCCCCCCCCCCCCCC. The molecular formula is C61H122NO3+. The minimum Gasteiger partial charge on any atom is -0.459 e. The Labute approximate surface area is 410 Å². The molecule has 1 N–H and O–H groups in total. The highest BCUT2D eigenvalue weighted by Gasteiger charge is 2.30. The molecule has 0 aromatic carbocycles. The third-order valence-corrected chi connectivity index (χ3v) is 14.8. The van der Waals surface area contributed by atoms with Crippen LogP contribution in [0.1, 0.15) is 336 Å². The Bertz CT molecular complexity index is 861. The Morgan fingerprint density at radius 3 is 0.738 bits per heavy atom. The van der Waals surface area contributed by atoms with E-state index >= 15 is 0 Å². The number of unbranched alkanes of at least 4 members (excludes halogenated alkanes) is 45. The number of hydrogen-bond donors (Lipinski definition) is 1. The van der Waals surface area contributed by atoms with Crippen LogP contribution in [0.5, 0.6) is 0 Å². The summed E-state index contributed by atoms with van der Waals surface area (Å²) in [6, 6.07) is 0. The van der Waals surface area contributed by atoms with Gasteiger partial charge < -0.3 is 14.3 Å². The number of ether oxygens (including phenoxy) is 1. The lowest BCUT2D eigenvalue weighted by Gasteiger charge is -2.40. The second kappa shape index (κ2) is 52.5. The first-order valence-electron chi connectivity index (χ1n) is 30.3. The van der Waals surface area contributed by atoms with E-state index < -0.39 is 6.10 Å². The molecule has 0 aliphatic rings. The van der Waals surface area contributed by atoms with Gasteiger partial charge in [0.2, 0.25) is 0 Å². The quantitative estimate of drug-likeness (QED) is 0.0286. The largest absolute Gasteiger partial charge is 0.459 e. The normalized spacial score (nSPS) is 12.3. The van der Waals surface area contributed by atoms with Gasteiger partial charge in [-0.05, 0) is 45.4 Å². The molecule has 65 heavy (non-hydrogen) atoms. The smallest absolute Gasteiger partial charge is 0.333 e. The van der Waals surface area contributed by atoms with Crippen LogP contribution in [0, 0.1) is 0 Å². The van der Waals surface area contributed by atoms with Crippen LogP contribution in [0.3, 0.4) is 0 Å². The Morgan fingerprint density at radius 1 is 0.369 bits per heavy atom. The van der Waals surface area contributed by atoms with Crippen LogP contribution in [-0.4, -0.2) is 54.4 Å². The molecule has 0 saturated carbocycles. The Balaban J connectivity index is 4.92. The molecule has 0 amide bonds. The second-order valence-corrected chi connectivity index (χ2v) is 21.6. The molecule has 0 spiro atoms. The summed E-state index contributed by atoms with van der Waals surface area (Å²) < 4.78 is 6.52. The number of esters is 1. The maximum Gasteiger partial charge on any atom is 0.333 e. The van der Waals surface area contributed by atoms with E-state index in [1.807, 2.05) is 0 Å². The molecule has 0 saturated heterocycles. The average molecular weight is 918 g/mol. The molecule has 0 aliphatic heterocycles. The van der Waals surface area contributed by atoms with Gasteiger partial charge in [-0.1, -0.05) is 297 Å². The van der Waals surface area contributed by atoms with Gasteiger partial charge >= 0.3 is 5.97 Å². The van der Waals surface area contributed by atoms with E-state index in [-0.39, 0.29) is 12.6 Å². The van der Waals surface area contributed by atoms with Gasteiger partial charge in [0, 0.05) is 5.57 Å². The lowest BCUT2D eigenvalue weighted by Crippen LogP contribution is -2.54. The van der Waals surface area contributed by atoms with Gasteiger partial charge in [0.25, 0.3) is 0 Å². The van der Waals surface area contributed by atoms with Gasteiger partial charge in [-0.15, -0.1) is 0 Å². The molecule has 0 rings (SSSR count). The number of carbonyl (C=O) groups is 1. The van der Waals surface area contributed by atoms with Crippen molar-refractivity contribution in [2.45, 2.75) is 342 Å². The van der Waals surface area contributed by atoms with Crippen molar-refractivity contribution < 1.29 is 19.1 Å². The summed E-state index contributed by atoms with van der Waals surface area (Å²) in [5.41, 5.74) is 0.410. The third kappa shape index (κ3) is 48.0. The molecule has 0 radical (unpaired) electrons. The Kier molecular flexibility index (Phi) is 51.8. The van der Waals surface area contributed by atoms with Crippen LogP contribution in [0.25, 0.3) is 0 Å².